The van der Waals surface area contributed by atoms with Crippen LogP contribution in [-0.2, 0) is 15.7 Å². The van der Waals surface area contributed by atoms with Crippen LogP contribution in [0.25, 0.3) is 0 Å². The monoisotopic (exact) mass is 704 g/mol. The summed E-state index contributed by atoms with van der Waals surface area (Å²) in [5, 5.41) is 15.9. The Morgan fingerprint density at radius 1 is 0.980 bits per heavy atom. The molecule has 1 aliphatic heterocycles. The highest BCUT2D eigenvalue weighted by Crippen LogP contribution is 2.31. The molecule has 1 saturated carbocycles. The van der Waals surface area contributed by atoms with E-state index in [0.717, 1.165) is 57.1 Å². The molecule has 1 fully saturated rings. The van der Waals surface area contributed by atoms with E-state index in [1.165, 1.54) is 17.0 Å². The van der Waals surface area contributed by atoms with Crippen molar-refractivity contribution in [1.29, 1.82) is 0 Å². The minimum absolute atomic E-state index is 0.0621. The summed E-state index contributed by atoms with van der Waals surface area (Å²) >= 11 is 0. The number of likely N-dealkylation sites (N-methyl/N-ethyl adjacent to an activating group) is 1. The molecule has 4 atom stereocenters. The van der Waals surface area contributed by atoms with Crippen LogP contribution in [0.5, 0.6) is 5.75 Å². The van der Waals surface area contributed by atoms with Gasteiger partial charge in [-0.1, -0.05) is 26.2 Å². The molecular formula is C37H51F3N4O6. The smallest absolute Gasteiger partial charge is 0.416 e. The van der Waals surface area contributed by atoms with Gasteiger partial charge in [-0.2, -0.15) is 13.2 Å². The molecule has 2 aliphatic rings. The number of anilines is 2. The normalized spacial score (nSPS) is 22.0. The van der Waals surface area contributed by atoms with Gasteiger partial charge < -0.3 is 35.0 Å². The number of halogens is 3. The second-order valence-corrected chi connectivity index (χ2v) is 13.7. The molecule has 1 aliphatic carbocycles. The highest BCUT2D eigenvalue weighted by Gasteiger charge is 2.32. The van der Waals surface area contributed by atoms with Gasteiger partial charge in [0, 0.05) is 50.0 Å². The van der Waals surface area contributed by atoms with Crippen molar-refractivity contribution >= 4 is 29.2 Å². The molecule has 4 rings (SSSR count). The third-order valence-electron chi connectivity index (χ3n) is 9.56. The zero-order chi connectivity index (χ0) is 36.4. The first kappa shape index (κ1) is 39.0. The number of urea groups is 1. The van der Waals surface area contributed by atoms with Gasteiger partial charge in [-0.05, 0) is 88.4 Å². The molecular weight excluding hydrogens is 653 g/mol. The number of nitrogens with one attached hydrogen (secondary N) is 2. The lowest BCUT2D eigenvalue weighted by atomic mass is 9.88. The molecule has 276 valence electrons. The van der Waals surface area contributed by atoms with Crippen LogP contribution >= 0.6 is 0 Å². The summed E-state index contributed by atoms with van der Waals surface area (Å²) in [5.74, 6) is -0.421. The fourth-order valence-corrected chi connectivity index (χ4v) is 6.39. The molecule has 4 amide bonds. The van der Waals surface area contributed by atoms with E-state index in [4.69, 9.17) is 9.47 Å². The van der Waals surface area contributed by atoms with Crippen molar-refractivity contribution in [1.82, 2.24) is 9.80 Å². The first-order valence-corrected chi connectivity index (χ1v) is 17.6. The van der Waals surface area contributed by atoms with Crippen molar-refractivity contribution in [2.24, 2.45) is 11.8 Å². The summed E-state index contributed by atoms with van der Waals surface area (Å²) in [6.07, 6.45) is 1.84. The lowest BCUT2D eigenvalue weighted by Gasteiger charge is -2.35. The summed E-state index contributed by atoms with van der Waals surface area (Å²) in [7, 11) is 1.57. The van der Waals surface area contributed by atoms with E-state index < -0.39 is 29.9 Å². The molecule has 2 aromatic carbocycles. The van der Waals surface area contributed by atoms with Crippen LogP contribution in [0, 0.1) is 11.8 Å². The minimum atomic E-state index is -4.48. The minimum Gasteiger partial charge on any atom is -0.490 e. The Morgan fingerprint density at radius 2 is 1.64 bits per heavy atom. The van der Waals surface area contributed by atoms with E-state index in [1.807, 2.05) is 13.8 Å². The summed E-state index contributed by atoms with van der Waals surface area (Å²) in [5.41, 5.74) is 0.170. The standard InChI is InChI=1S/C37H51F3N4O6/c1-24-21-44(25(2)23-45)35(47)31-20-30(41-34(46)27-11-6-5-7-12-27)17-18-32(31)50-26(3)10-8-9-19-49-33(24)22-43(4)36(48)42-29-15-13-28(14-16-29)37(38,39)40/h13-18,20,24-27,33,45H,5-12,19,21-23H2,1-4H3,(H,41,46)(H,42,48)/t24-,25-,26-,33-/m0/s1. The number of alkyl halides is 3. The summed E-state index contributed by atoms with van der Waals surface area (Å²) in [6, 6.07) is 8.22. The average molecular weight is 705 g/mol. The number of nitrogens with zero attached hydrogens (tertiary/aromatic N) is 2. The number of benzene rings is 2. The lowest BCUT2D eigenvalue weighted by molar-refractivity contribution is -0.137. The van der Waals surface area contributed by atoms with Gasteiger partial charge in [-0.15, -0.1) is 0 Å². The molecule has 0 aromatic heterocycles. The quantitative estimate of drug-likeness (QED) is 0.281. The second kappa shape index (κ2) is 17.9. The van der Waals surface area contributed by atoms with Gasteiger partial charge in [0.15, 0.2) is 0 Å². The predicted molar refractivity (Wildman–Crippen MR) is 185 cm³/mol. The van der Waals surface area contributed by atoms with E-state index in [2.05, 4.69) is 10.6 Å². The van der Waals surface area contributed by atoms with Crippen molar-refractivity contribution in [3.63, 3.8) is 0 Å². The van der Waals surface area contributed by atoms with Crippen molar-refractivity contribution in [2.45, 2.75) is 96.6 Å². The van der Waals surface area contributed by atoms with Gasteiger partial charge >= 0.3 is 12.2 Å². The van der Waals surface area contributed by atoms with E-state index in [0.29, 0.717) is 24.5 Å². The fourth-order valence-electron chi connectivity index (χ4n) is 6.39. The number of carbonyl (C=O) groups excluding carboxylic acids is 3. The van der Waals surface area contributed by atoms with Crippen molar-refractivity contribution in [2.75, 3.05) is 44.0 Å². The maximum absolute atomic E-state index is 14.4. The van der Waals surface area contributed by atoms with Crippen LogP contribution in [0.3, 0.4) is 0 Å². The molecule has 0 radical (unpaired) electrons. The number of rotatable bonds is 7. The van der Waals surface area contributed by atoms with E-state index in [1.54, 1.807) is 37.1 Å². The largest absolute Gasteiger partial charge is 0.490 e. The second-order valence-electron chi connectivity index (χ2n) is 13.7. The van der Waals surface area contributed by atoms with Crippen LogP contribution in [0.15, 0.2) is 42.5 Å². The number of fused-ring (bicyclic) bond motifs is 1. The Hall–Kier alpha value is -3.84. The van der Waals surface area contributed by atoms with Gasteiger partial charge in [0.1, 0.15) is 5.75 Å². The average Bonchev–Trinajstić information content (AvgIpc) is 3.09. The Labute approximate surface area is 292 Å². The SMILES string of the molecule is C[C@H]1CCCCO[C@@H](CN(C)C(=O)Nc2ccc(C(F)(F)F)cc2)[C@@H](C)CN([C@@H](C)CO)C(=O)c2cc(NC(=O)C3CCCCC3)ccc2O1. The van der Waals surface area contributed by atoms with Crippen molar-refractivity contribution < 1.29 is 42.1 Å². The summed E-state index contributed by atoms with van der Waals surface area (Å²) in [6.45, 7) is 5.99. The number of carbonyl (C=O) groups is 3. The molecule has 10 nitrogen and oxygen atoms in total. The molecule has 0 saturated heterocycles. The zero-order valence-corrected chi connectivity index (χ0v) is 29.4. The van der Waals surface area contributed by atoms with Gasteiger partial charge in [0.05, 0.1) is 36.0 Å². The molecule has 0 unspecified atom stereocenters. The number of ether oxygens (including phenoxy) is 2. The highest BCUT2D eigenvalue weighted by atomic mass is 19.4. The summed E-state index contributed by atoms with van der Waals surface area (Å²) < 4.78 is 51.6. The predicted octanol–water partition coefficient (Wildman–Crippen LogP) is 7.18. The number of aliphatic hydroxyl groups is 1. The Kier molecular flexibility index (Phi) is 13.9. The highest BCUT2D eigenvalue weighted by molar-refractivity contribution is 6.00. The molecule has 3 N–H and O–H groups in total. The Morgan fingerprint density at radius 3 is 2.30 bits per heavy atom. The number of hydrogen-bond donors (Lipinski definition) is 3. The zero-order valence-electron chi connectivity index (χ0n) is 29.4. The van der Waals surface area contributed by atoms with Crippen LogP contribution in [-0.4, -0.2) is 84.4 Å². The molecule has 1 heterocycles. The van der Waals surface area contributed by atoms with Gasteiger partial charge in [-0.3, -0.25) is 9.59 Å². The molecule has 13 heteroatoms. The fraction of sp³-hybridized carbons (Fsp3) is 0.595. The maximum Gasteiger partial charge on any atom is 0.416 e. The lowest BCUT2D eigenvalue weighted by Crippen LogP contribution is -2.48. The molecule has 50 heavy (non-hydrogen) atoms. The van der Waals surface area contributed by atoms with E-state index in [-0.39, 0.29) is 60.7 Å². The van der Waals surface area contributed by atoms with Crippen molar-refractivity contribution in [3.05, 3.63) is 53.6 Å². The Balaban J connectivity index is 1.55. The topological polar surface area (TPSA) is 120 Å². The third-order valence-corrected chi connectivity index (χ3v) is 9.56. The molecule has 0 spiro atoms. The van der Waals surface area contributed by atoms with E-state index >= 15 is 0 Å². The van der Waals surface area contributed by atoms with Crippen LogP contribution < -0.4 is 15.4 Å². The van der Waals surface area contributed by atoms with Crippen LogP contribution in [0.2, 0.25) is 0 Å². The Bertz CT molecular complexity index is 1430. The maximum atomic E-state index is 14.4. The molecule has 2 aromatic rings. The van der Waals surface area contributed by atoms with E-state index in [9.17, 15) is 32.7 Å². The van der Waals surface area contributed by atoms with Crippen LogP contribution in [0.1, 0.15) is 88.1 Å². The summed E-state index contributed by atoms with van der Waals surface area (Å²) in [4.78, 5) is 43.5. The van der Waals surface area contributed by atoms with Gasteiger partial charge in [-0.25, -0.2) is 4.79 Å². The van der Waals surface area contributed by atoms with Gasteiger partial charge in [0.25, 0.3) is 5.91 Å². The number of aliphatic hydroxyl groups excluding tert-OH is 1. The first-order valence-electron chi connectivity index (χ1n) is 17.6. The first-order chi connectivity index (χ1) is 23.8. The number of amides is 4. The van der Waals surface area contributed by atoms with Gasteiger partial charge in [0.2, 0.25) is 5.91 Å². The molecule has 0 bridgehead atoms. The van der Waals surface area contributed by atoms with Crippen LogP contribution in [0.4, 0.5) is 29.3 Å². The third kappa shape index (κ3) is 10.8. The number of hydrogen-bond acceptors (Lipinski definition) is 6. The van der Waals surface area contributed by atoms with Crippen molar-refractivity contribution in [3.8, 4) is 5.75 Å².